The first-order valence-corrected chi connectivity index (χ1v) is 14.4. The lowest BCUT2D eigenvalue weighted by molar-refractivity contribution is -0.130. The van der Waals surface area contributed by atoms with Crippen molar-refractivity contribution in [1.29, 1.82) is 0 Å². The van der Waals surface area contributed by atoms with E-state index in [2.05, 4.69) is 67.6 Å². The van der Waals surface area contributed by atoms with E-state index >= 15 is 0 Å². The number of carbonyl (C=O) groups is 1. The Morgan fingerprint density at radius 2 is 1.83 bits per heavy atom. The van der Waals surface area contributed by atoms with Gasteiger partial charge < -0.3 is 15.4 Å². The first kappa shape index (κ1) is 31.4. The predicted octanol–water partition coefficient (Wildman–Crippen LogP) is 7.08. The van der Waals surface area contributed by atoms with Crippen molar-refractivity contribution in [2.75, 3.05) is 26.0 Å². The van der Waals surface area contributed by atoms with Gasteiger partial charge in [-0.1, -0.05) is 45.9 Å². The highest BCUT2D eigenvalue weighted by Gasteiger charge is 2.29. The van der Waals surface area contributed by atoms with Crippen molar-refractivity contribution in [2.45, 2.75) is 83.1 Å². The number of aryl methyl sites for hydroxylation is 2. The lowest BCUT2D eigenvalue weighted by Gasteiger charge is -2.29. The fourth-order valence-electron chi connectivity index (χ4n) is 3.63. The second-order valence-corrected chi connectivity index (χ2v) is 10.7. The maximum absolute atomic E-state index is 12.5. The van der Waals surface area contributed by atoms with Crippen LogP contribution in [0.3, 0.4) is 0 Å². The van der Waals surface area contributed by atoms with Crippen molar-refractivity contribution >= 4 is 30.3 Å². The summed E-state index contributed by atoms with van der Waals surface area (Å²) in [5.74, 6) is 1.12. The first-order valence-electron chi connectivity index (χ1n) is 12.8. The topological polar surface area (TPSA) is 50.4 Å². The summed E-state index contributed by atoms with van der Waals surface area (Å²) in [5, 5.41) is 6.54. The number of thiol groups is 1. The molecule has 0 atom stereocenters. The summed E-state index contributed by atoms with van der Waals surface area (Å²) >= 11 is 5.93. The number of amides is 1. The van der Waals surface area contributed by atoms with Crippen molar-refractivity contribution in [1.82, 2.24) is 10.6 Å². The van der Waals surface area contributed by atoms with Crippen LogP contribution in [0.2, 0.25) is 0 Å². The van der Waals surface area contributed by atoms with Gasteiger partial charge in [-0.15, -0.1) is 24.4 Å². The molecule has 0 spiro atoms. The van der Waals surface area contributed by atoms with E-state index in [1.165, 1.54) is 10.5 Å². The van der Waals surface area contributed by atoms with E-state index in [-0.39, 0.29) is 11.3 Å². The van der Waals surface area contributed by atoms with Crippen LogP contribution in [0.4, 0.5) is 0 Å². The minimum absolute atomic E-state index is 0.168. The molecule has 196 valence electrons. The average Bonchev–Trinajstić information content (AvgIpc) is 2.86. The summed E-state index contributed by atoms with van der Waals surface area (Å²) in [4.78, 5) is 14.8. The first-order chi connectivity index (χ1) is 16.7. The van der Waals surface area contributed by atoms with E-state index in [0.29, 0.717) is 12.6 Å². The summed E-state index contributed by atoms with van der Waals surface area (Å²) in [5.41, 5.74) is 2.01. The number of thioether (sulfide) groups is 1. The van der Waals surface area contributed by atoms with Gasteiger partial charge in [-0.25, -0.2) is 0 Å². The smallest absolute Gasteiger partial charge is 0.225 e. The van der Waals surface area contributed by atoms with Gasteiger partial charge in [-0.2, -0.15) is 0 Å². The van der Waals surface area contributed by atoms with Crippen molar-refractivity contribution < 1.29 is 9.53 Å². The van der Waals surface area contributed by atoms with Gasteiger partial charge >= 0.3 is 0 Å². The molecule has 0 unspecified atom stereocenters. The molecule has 3 rings (SSSR count). The lowest BCUT2D eigenvalue weighted by atomic mass is 9.86. The number of carbonyl (C=O) groups excluding carboxylic acids is 1. The molecule has 1 fully saturated rings. The molecule has 2 aromatic rings. The molecule has 0 bridgehead atoms. The zero-order chi connectivity index (χ0) is 26.3. The van der Waals surface area contributed by atoms with Crippen LogP contribution in [0.5, 0.6) is 5.75 Å². The maximum atomic E-state index is 12.5. The monoisotopic (exact) mass is 518 g/mol. The van der Waals surface area contributed by atoms with Crippen LogP contribution in [0.25, 0.3) is 0 Å². The van der Waals surface area contributed by atoms with Gasteiger partial charge in [-0.05, 0) is 94.3 Å². The van der Waals surface area contributed by atoms with E-state index in [0.717, 1.165) is 55.0 Å². The molecule has 0 aliphatic carbocycles. The van der Waals surface area contributed by atoms with Crippen molar-refractivity contribution in [3.05, 3.63) is 53.6 Å². The van der Waals surface area contributed by atoms with Gasteiger partial charge in [-0.3, -0.25) is 4.79 Å². The van der Waals surface area contributed by atoms with Gasteiger partial charge in [0, 0.05) is 21.2 Å². The number of piperidine rings is 1. The van der Waals surface area contributed by atoms with E-state index < -0.39 is 0 Å². The van der Waals surface area contributed by atoms with Crippen LogP contribution >= 0.6 is 24.4 Å². The maximum Gasteiger partial charge on any atom is 0.225 e. The Kier molecular flexibility index (Phi) is 15.2. The highest BCUT2D eigenvalue weighted by molar-refractivity contribution is 7.98. The number of rotatable bonds is 8. The van der Waals surface area contributed by atoms with Gasteiger partial charge in [0.25, 0.3) is 0 Å². The van der Waals surface area contributed by atoms with Crippen LogP contribution in [-0.2, 0) is 4.79 Å². The van der Waals surface area contributed by atoms with Crippen molar-refractivity contribution in [2.24, 2.45) is 5.41 Å². The number of hydrogen-bond acceptors (Lipinski definition) is 5. The molecule has 4 nitrogen and oxygen atoms in total. The normalized spacial score (nSPS) is 13.6. The van der Waals surface area contributed by atoms with Gasteiger partial charge in [0.05, 0.1) is 6.61 Å². The number of benzene rings is 2. The van der Waals surface area contributed by atoms with Crippen LogP contribution in [0, 0.1) is 19.3 Å². The summed E-state index contributed by atoms with van der Waals surface area (Å²) in [6, 6.07) is 14.7. The Morgan fingerprint density at radius 1 is 1.14 bits per heavy atom. The predicted molar refractivity (Wildman–Crippen MR) is 155 cm³/mol. The Hall–Kier alpha value is -1.63. The zero-order valence-electron chi connectivity index (χ0n) is 22.7. The summed E-state index contributed by atoms with van der Waals surface area (Å²) < 4.78 is 5.90. The SMILES string of the molecule is CC.CSc1cccc(S)c1.Cc1ccc(C)c(OCCCC(C)(C)C(=O)NC2CCNCC2)c1. The third-order valence-electron chi connectivity index (χ3n) is 5.89. The number of nitrogens with one attached hydrogen (secondary N) is 2. The van der Waals surface area contributed by atoms with Crippen LogP contribution in [-0.4, -0.2) is 37.9 Å². The quantitative estimate of drug-likeness (QED) is 0.199. The molecule has 2 N–H and O–H groups in total. The molecular weight excluding hydrogens is 472 g/mol. The van der Waals surface area contributed by atoms with Gasteiger partial charge in [0.15, 0.2) is 0 Å². The molecule has 0 radical (unpaired) electrons. The fraction of sp³-hybridized carbons (Fsp3) is 0.552. The van der Waals surface area contributed by atoms with Gasteiger partial charge in [0.1, 0.15) is 5.75 Å². The Bertz CT molecular complexity index is 881. The summed E-state index contributed by atoms with van der Waals surface area (Å²) in [6.45, 7) is 14.8. The third-order valence-corrected chi connectivity index (χ3v) is 6.89. The molecule has 1 amide bonds. The third kappa shape index (κ3) is 12.2. The molecule has 6 heteroatoms. The van der Waals surface area contributed by atoms with Crippen LogP contribution < -0.4 is 15.4 Å². The minimum atomic E-state index is -0.351. The van der Waals surface area contributed by atoms with E-state index in [1.54, 1.807) is 11.8 Å². The minimum Gasteiger partial charge on any atom is -0.493 e. The largest absolute Gasteiger partial charge is 0.493 e. The summed E-state index contributed by atoms with van der Waals surface area (Å²) in [6.07, 6.45) is 5.81. The molecule has 1 aliphatic rings. The van der Waals surface area contributed by atoms with Crippen molar-refractivity contribution in [3.63, 3.8) is 0 Å². The molecule has 2 aromatic carbocycles. The molecule has 0 saturated carbocycles. The van der Waals surface area contributed by atoms with Crippen molar-refractivity contribution in [3.8, 4) is 5.75 Å². The molecule has 35 heavy (non-hydrogen) atoms. The molecule has 1 aliphatic heterocycles. The number of ether oxygens (including phenoxy) is 1. The standard InChI is InChI=1S/C20H32N2O2.C7H8S2.C2H6/c1-15-6-7-16(2)18(14-15)24-13-5-10-20(3,4)19(23)22-17-8-11-21-12-9-17;1-9-7-4-2-3-6(8)5-7;1-2/h6-7,14,17,21H,5,8-13H2,1-4H3,(H,22,23);2-5,8H,1H3;1-2H3. The molecule has 1 saturated heterocycles. The highest BCUT2D eigenvalue weighted by Crippen LogP contribution is 2.25. The second-order valence-electron chi connectivity index (χ2n) is 9.30. The average molecular weight is 519 g/mol. The molecule has 0 aromatic heterocycles. The second kappa shape index (κ2) is 16.9. The van der Waals surface area contributed by atoms with Crippen LogP contribution in [0.1, 0.15) is 64.5 Å². The van der Waals surface area contributed by atoms with E-state index in [4.69, 9.17) is 4.74 Å². The van der Waals surface area contributed by atoms with E-state index in [1.807, 2.05) is 45.9 Å². The Morgan fingerprint density at radius 3 is 2.43 bits per heavy atom. The van der Waals surface area contributed by atoms with Crippen LogP contribution in [0.15, 0.2) is 52.3 Å². The zero-order valence-corrected chi connectivity index (χ0v) is 24.5. The van der Waals surface area contributed by atoms with Gasteiger partial charge in [0.2, 0.25) is 5.91 Å². The molecular formula is C29H46N2O2S2. The highest BCUT2D eigenvalue weighted by atomic mass is 32.2. The Balaban J connectivity index is 0.000000464. The Labute approximate surface area is 223 Å². The van der Waals surface area contributed by atoms with E-state index in [9.17, 15) is 4.79 Å². The molecule has 1 heterocycles. The lowest BCUT2D eigenvalue weighted by Crippen LogP contribution is -2.47. The number of hydrogen-bond donors (Lipinski definition) is 3. The summed E-state index contributed by atoms with van der Waals surface area (Å²) in [7, 11) is 0. The fourth-order valence-corrected chi connectivity index (χ4v) is 4.40.